The first-order chi connectivity index (χ1) is 11.1. The van der Waals surface area contributed by atoms with Crippen LogP contribution < -0.4 is 10.1 Å². The van der Waals surface area contributed by atoms with Gasteiger partial charge in [-0.25, -0.2) is 0 Å². The molecule has 0 saturated heterocycles. The fraction of sp³-hybridized carbons (Fsp3) is 0.0667. The van der Waals surface area contributed by atoms with E-state index in [-0.39, 0.29) is 5.91 Å². The highest BCUT2D eigenvalue weighted by Crippen LogP contribution is 2.29. The second-order valence-corrected chi connectivity index (χ2v) is 6.39. The highest BCUT2D eigenvalue weighted by atomic mass is 32.1. The summed E-state index contributed by atoms with van der Waals surface area (Å²) in [7, 11) is 0. The fourth-order valence-corrected chi connectivity index (χ4v) is 3.31. The van der Waals surface area contributed by atoms with Crippen LogP contribution in [0, 0.1) is 0 Å². The maximum atomic E-state index is 12.2. The molecule has 0 aliphatic carbocycles. The zero-order valence-electron chi connectivity index (χ0n) is 12.0. The van der Waals surface area contributed by atoms with E-state index in [1.807, 2.05) is 17.5 Å². The van der Waals surface area contributed by atoms with Crippen LogP contribution >= 0.6 is 22.7 Å². The normalized spacial score (nSPS) is 10.3. The van der Waals surface area contributed by atoms with Gasteiger partial charge in [0.2, 0.25) is 5.13 Å². The minimum atomic E-state index is -0.405. The Labute approximate surface area is 139 Å². The van der Waals surface area contributed by atoms with E-state index in [0.29, 0.717) is 16.4 Å². The van der Waals surface area contributed by atoms with E-state index in [0.717, 1.165) is 9.88 Å². The molecule has 3 aromatic rings. The number of amides is 1. The summed E-state index contributed by atoms with van der Waals surface area (Å²) in [5, 5.41) is 13.9. The minimum absolute atomic E-state index is 0.298. The van der Waals surface area contributed by atoms with Gasteiger partial charge in [-0.15, -0.1) is 21.5 Å². The number of nitrogens with one attached hydrogen (secondary N) is 1. The molecule has 0 aliphatic rings. The number of esters is 1. The fourth-order valence-electron chi connectivity index (χ4n) is 1.78. The Morgan fingerprint density at radius 1 is 1.13 bits per heavy atom. The number of thiophene rings is 1. The topological polar surface area (TPSA) is 81.2 Å². The molecule has 1 amide bonds. The first kappa shape index (κ1) is 15.3. The number of nitrogens with zero attached hydrogens (tertiary/aromatic N) is 2. The number of hydrogen-bond acceptors (Lipinski definition) is 7. The molecule has 0 bridgehead atoms. The third kappa shape index (κ3) is 3.79. The van der Waals surface area contributed by atoms with Crippen LogP contribution in [0.15, 0.2) is 41.8 Å². The zero-order chi connectivity index (χ0) is 16.2. The van der Waals surface area contributed by atoms with Crippen molar-refractivity contribution in [1.82, 2.24) is 10.2 Å². The Balaban J connectivity index is 1.68. The quantitative estimate of drug-likeness (QED) is 0.578. The summed E-state index contributed by atoms with van der Waals surface area (Å²) < 4.78 is 4.92. The van der Waals surface area contributed by atoms with Crippen LogP contribution in [0.2, 0.25) is 0 Å². The summed E-state index contributed by atoms with van der Waals surface area (Å²) in [6.45, 7) is 1.32. The monoisotopic (exact) mass is 345 g/mol. The molecule has 1 N–H and O–H groups in total. The largest absolute Gasteiger partial charge is 0.427 e. The van der Waals surface area contributed by atoms with Crippen molar-refractivity contribution in [2.45, 2.75) is 6.92 Å². The van der Waals surface area contributed by atoms with Crippen LogP contribution in [0.5, 0.6) is 5.75 Å². The summed E-state index contributed by atoms with van der Waals surface area (Å²) in [5.41, 5.74) is 0.439. The molecule has 0 saturated carbocycles. The molecule has 8 heteroatoms. The molecule has 3 rings (SSSR count). The maximum absolute atomic E-state index is 12.2. The minimum Gasteiger partial charge on any atom is -0.427 e. The second kappa shape index (κ2) is 6.67. The van der Waals surface area contributed by atoms with Crippen molar-refractivity contribution in [3.8, 4) is 15.6 Å². The number of rotatable bonds is 4. The van der Waals surface area contributed by atoms with Crippen LogP contribution in [0.4, 0.5) is 5.13 Å². The first-order valence-electron chi connectivity index (χ1n) is 6.59. The summed E-state index contributed by atoms with van der Waals surface area (Å²) >= 11 is 2.88. The molecule has 2 aromatic heterocycles. The molecule has 2 heterocycles. The molecule has 116 valence electrons. The molecule has 23 heavy (non-hydrogen) atoms. The van der Waals surface area contributed by atoms with Gasteiger partial charge in [0.1, 0.15) is 5.75 Å². The van der Waals surface area contributed by atoms with E-state index in [9.17, 15) is 9.59 Å². The van der Waals surface area contributed by atoms with Gasteiger partial charge < -0.3 is 4.74 Å². The average Bonchev–Trinajstić information content (AvgIpc) is 3.18. The van der Waals surface area contributed by atoms with E-state index in [4.69, 9.17) is 4.74 Å². The third-order valence-corrected chi connectivity index (χ3v) is 4.63. The van der Waals surface area contributed by atoms with Crippen molar-refractivity contribution in [2.75, 3.05) is 5.32 Å². The molecule has 0 unspecified atom stereocenters. The number of hydrogen-bond donors (Lipinski definition) is 1. The number of benzene rings is 1. The number of carbonyl (C=O) groups is 2. The van der Waals surface area contributed by atoms with Gasteiger partial charge in [0.15, 0.2) is 5.01 Å². The lowest BCUT2D eigenvalue weighted by molar-refractivity contribution is -0.131. The van der Waals surface area contributed by atoms with Gasteiger partial charge in [0, 0.05) is 12.5 Å². The Morgan fingerprint density at radius 3 is 2.57 bits per heavy atom. The lowest BCUT2D eigenvalue weighted by Gasteiger charge is -2.03. The standard InChI is InChI=1S/C15H11N3O3S2/c1-9(19)21-11-6-4-10(5-7-11)13(20)16-15-18-17-14(23-15)12-3-2-8-22-12/h2-8H,1H3,(H,16,18,20). The lowest BCUT2D eigenvalue weighted by atomic mass is 10.2. The predicted octanol–water partition coefficient (Wildman–Crippen LogP) is 3.44. The Bertz CT molecular complexity index is 826. The molecule has 6 nitrogen and oxygen atoms in total. The van der Waals surface area contributed by atoms with E-state index < -0.39 is 5.97 Å². The third-order valence-electron chi connectivity index (χ3n) is 2.76. The molecular weight excluding hydrogens is 334 g/mol. The molecular formula is C15H11N3O3S2. The van der Waals surface area contributed by atoms with Crippen molar-refractivity contribution in [3.63, 3.8) is 0 Å². The molecule has 0 atom stereocenters. The highest BCUT2D eigenvalue weighted by Gasteiger charge is 2.12. The Hall–Kier alpha value is -2.58. The molecule has 0 fully saturated rings. The van der Waals surface area contributed by atoms with Gasteiger partial charge in [-0.3, -0.25) is 14.9 Å². The van der Waals surface area contributed by atoms with E-state index in [2.05, 4.69) is 15.5 Å². The van der Waals surface area contributed by atoms with Gasteiger partial charge in [-0.1, -0.05) is 17.4 Å². The van der Waals surface area contributed by atoms with E-state index >= 15 is 0 Å². The van der Waals surface area contributed by atoms with Gasteiger partial charge in [0.05, 0.1) is 4.88 Å². The molecule has 0 spiro atoms. The number of ether oxygens (including phenoxy) is 1. The van der Waals surface area contributed by atoms with Crippen LogP contribution in [-0.4, -0.2) is 22.1 Å². The van der Waals surface area contributed by atoms with Gasteiger partial charge >= 0.3 is 5.97 Å². The predicted molar refractivity (Wildman–Crippen MR) is 88.9 cm³/mol. The number of aromatic nitrogens is 2. The van der Waals surface area contributed by atoms with Crippen LogP contribution in [0.1, 0.15) is 17.3 Å². The van der Waals surface area contributed by atoms with Crippen molar-refractivity contribution in [1.29, 1.82) is 0 Å². The summed E-state index contributed by atoms with van der Waals surface area (Å²) in [5.74, 6) is -0.310. The summed E-state index contributed by atoms with van der Waals surface area (Å²) in [6, 6.07) is 10.2. The first-order valence-corrected chi connectivity index (χ1v) is 8.28. The maximum Gasteiger partial charge on any atom is 0.308 e. The van der Waals surface area contributed by atoms with Gasteiger partial charge in [-0.05, 0) is 35.7 Å². The van der Waals surface area contributed by atoms with Crippen LogP contribution in [0.3, 0.4) is 0 Å². The van der Waals surface area contributed by atoms with Crippen molar-refractivity contribution in [2.24, 2.45) is 0 Å². The van der Waals surface area contributed by atoms with Crippen molar-refractivity contribution in [3.05, 3.63) is 47.3 Å². The van der Waals surface area contributed by atoms with Crippen LogP contribution in [-0.2, 0) is 4.79 Å². The number of anilines is 1. The van der Waals surface area contributed by atoms with Crippen LogP contribution in [0.25, 0.3) is 9.88 Å². The average molecular weight is 345 g/mol. The second-order valence-electron chi connectivity index (χ2n) is 4.46. The summed E-state index contributed by atoms with van der Waals surface area (Å²) in [6.07, 6.45) is 0. The van der Waals surface area contributed by atoms with Gasteiger partial charge in [-0.2, -0.15) is 0 Å². The zero-order valence-corrected chi connectivity index (χ0v) is 13.6. The van der Waals surface area contributed by atoms with E-state index in [1.165, 1.54) is 18.3 Å². The summed E-state index contributed by atoms with van der Waals surface area (Å²) in [4.78, 5) is 24.0. The SMILES string of the molecule is CC(=O)Oc1ccc(C(=O)Nc2nnc(-c3cccs3)s2)cc1. The molecule has 0 aliphatic heterocycles. The number of carbonyl (C=O) groups excluding carboxylic acids is 2. The van der Waals surface area contributed by atoms with Crippen molar-refractivity contribution >= 4 is 39.7 Å². The van der Waals surface area contributed by atoms with E-state index in [1.54, 1.807) is 35.6 Å². The smallest absolute Gasteiger partial charge is 0.308 e. The molecule has 1 aromatic carbocycles. The Kier molecular flexibility index (Phi) is 4.45. The highest BCUT2D eigenvalue weighted by molar-refractivity contribution is 7.23. The van der Waals surface area contributed by atoms with Crippen molar-refractivity contribution < 1.29 is 14.3 Å². The van der Waals surface area contributed by atoms with Gasteiger partial charge in [0.25, 0.3) is 5.91 Å². The Morgan fingerprint density at radius 2 is 1.91 bits per heavy atom. The molecule has 0 radical (unpaired) electrons. The lowest BCUT2D eigenvalue weighted by Crippen LogP contribution is -2.11.